The number of hydrogen-bond donors (Lipinski definition) is 1. The summed E-state index contributed by atoms with van der Waals surface area (Å²) in [7, 11) is 0. The van der Waals surface area contributed by atoms with Crippen molar-refractivity contribution in [2.24, 2.45) is 0 Å². The normalized spacial score (nSPS) is 16.4. The van der Waals surface area contributed by atoms with Gasteiger partial charge < -0.3 is 25.1 Å². The summed E-state index contributed by atoms with van der Waals surface area (Å²) in [5.41, 5.74) is 0.723. The molecule has 1 atom stereocenters. The largest absolute Gasteiger partial charge is 0.545 e. The topological polar surface area (TPSA) is 130 Å². The van der Waals surface area contributed by atoms with E-state index in [4.69, 9.17) is 0 Å². The molecule has 27 heavy (non-hydrogen) atoms. The minimum Gasteiger partial charge on any atom is -0.545 e. The van der Waals surface area contributed by atoms with E-state index in [0.29, 0.717) is 11.3 Å². The number of benzene rings is 2. The lowest BCUT2D eigenvalue weighted by atomic mass is 10.1. The van der Waals surface area contributed by atoms with Gasteiger partial charge in [0.05, 0.1) is 18.5 Å². The third-order valence-corrected chi connectivity index (χ3v) is 4.81. The Bertz CT molecular complexity index is 945. The van der Waals surface area contributed by atoms with Crippen LogP contribution in [0.5, 0.6) is 0 Å². The van der Waals surface area contributed by atoms with Crippen molar-refractivity contribution in [2.75, 3.05) is 5.32 Å². The zero-order valence-corrected chi connectivity index (χ0v) is 14.5. The second-order valence-corrected chi connectivity index (χ2v) is 6.74. The lowest BCUT2D eigenvalue weighted by Crippen LogP contribution is -2.34. The van der Waals surface area contributed by atoms with Gasteiger partial charge in [-0.3, -0.25) is 14.5 Å². The number of hydrogen-bond acceptors (Lipinski definition) is 8. The van der Waals surface area contributed by atoms with E-state index in [9.17, 15) is 29.4 Å². The van der Waals surface area contributed by atoms with Crippen LogP contribution in [-0.4, -0.2) is 33.4 Å². The molecular weight excluding hydrogens is 372 g/mol. The Morgan fingerprint density at radius 2 is 1.63 bits per heavy atom. The second kappa shape index (κ2) is 7.50. The van der Waals surface area contributed by atoms with Crippen LogP contribution < -0.4 is 15.5 Å². The molecule has 0 aliphatic carbocycles. The van der Waals surface area contributed by atoms with E-state index in [1.54, 1.807) is 12.1 Å². The molecule has 0 unspecified atom stereocenters. The standard InChI is InChI=1S/C18H14N2O6S/c21-15-14(19-13-6-2-5-12(8-13)17(24)25)27-18(26)20(15)9-10-3-1-4-11(7-10)16(22)23/h1-8,14,19H,9H2,(H,22,23)(H,24,25)/p-2/t14-/m0/s1. The van der Waals surface area contributed by atoms with E-state index < -0.39 is 28.5 Å². The Labute approximate surface area is 157 Å². The molecule has 9 heteroatoms. The Morgan fingerprint density at radius 1 is 1.00 bits per heavy atom. The molecule has 138 valence electrons. The van der Waals surface area contributed by atoms with Gasteiger partial charge in [-0.1, -0.05) is 30.3 Å². The second-order valence-electron chi connectivity index (χ2n) is 5.69. The van der Waals surface area contributed by atoms with Crippen LogP contribution in [-0.2, 0) is 11.3 Å². The zero-order chi connectivity index (χ0) is 19.6. The number of carbonyl (C=O) groups is 4. The summed E-state index contributed by atoms with van der Waals surface area (Å²) in [6, 6.07) is 11.5. The highest BCUT2D eigenvalue weighted by molar-refractivity contribution is 8.15. The van der Waals surface area contributed by atoms with Crippen molar-refractivity contribution in [1.82, 2.24) is 4.90 Å². The smallest absolute Gasteiger partial charge is 0.291 e. The molecule has 0 saturated carbocycles. The molecule has 1 aliphatic heterocycles. The number of carboxylic acids is 2. The predicted molar refractivity (Wildman–Crippen MR) is 92.5 cm³/mol. The van der Waals surface area contributed by atoms with Crippen LogP contribution in [0.4, 0.5) is 10.5 Å². The Hall–Kier alpha value is -3.33. The number of anilines is 1. The summed E-state index contributed by atoms with van der Waals surface area (Å²) in [5, 5.41) is 23.3. The molecule has 8 nitrogen and oxygen atoms in total. The van der Waals surface area contributed by atoms with Crippen LogP contribution in [0.15, 0.2) is 48.5 Å². The molecule has 1 N–H and O–H groups in total. The minimum absolute atomic E-state index is 0.0481. The molecule has 3 rings (SSSR count). The van der Waals surface area contributed by atoms with Gasteiger partial charge in [-0.2, -0.15) is 0 Å². The van der Waals surface area contributed by atoms with Gasteiger partial charge in [-0.05, 0) is 46.7 Å². The van der Waals surface area contributed by atoms with Gasteiger partial charge in [0.1, 0.15) is 0 Å². The molecule has 0 aromatic heterocycles. The predicted octanol–water partition coefficient (Wildman–Crippen LogP) is 0.0472. The van der Waals surface area contributed by atoms with Crippen molar-refractivity contribution >= 4 is 40.5 Å². The van der Waals surface area contributed by atoms with Gasteiger partial charge in [-0.15, -0.1) is 0 Å². The van der Waals surface area contributed by atoms with Crippen LogP contribution in [0.25, 0.3) is 0 Å². The number of amides is 2. The summed E-state index contributed by atoms with van der Waals surface area (Å²) in [6.45, 7) is -0.0803. The number of thioether (sulfide) groups is 1. The molecule has 2 aromatic rings. The van der Waals surface area contributed by atoms with Crippen molar-refractivity contribution in [3.8, 4) is 0 Å². The molecule has 0 bridgehead atoms. The van der Waals surface area contributed by atoms with E-state index in [1.807, 2.05) is 0 Å². The first kappa shape index (κ1) is 18.5. The van der Waals surface area contributed by atoms with E-state index >= 15 is 0 Å². The van der Waals surface area contributed by atoms with E-state index in [2.05, 4.69) is 5.32 Å². The summed E-state index contributed by atoms with van der Waals surface area (Å²) < 4.78 is 0. The molecule has 1 saturated heterocycles. The SMILES string of the molecule is O=C([O-])c1cccc(CN2C(=O)S[C@H](Nc3cccc(C(=O)[O-])c3)C2=O)c1. The first-order valence-electron chi connectivity index (χ1n) is 7.75. The highest BCUT2D eigenvalue weighted by Crippen LogP contribution is 2.29. The molecule has 2 aromatic carbocycles. The fraction of sp³-hybridized carbons (Fsp3) is 0.111. The molecule has 0 radical (unpaired) electrons. The summed E-state index contributed by atoms with van der Waals surface area (Å²) in [6.07, 6.45) is 0. The first-order valence-corrected chi connectivity index (χ1v) is 8.63. The lowest BCUT2D eigenvalue weighted by Gasteiger charge is -2.16. The maximum absolute atomic E-state index is 12.5. The van der Waals surface area contributed by atoms with Crippen molar-refractivity contribution in [2.45, 2.75) is 11.9 Å². The van der Waals surface area contributed by atoms with Crippen LogP contribution in [0, 0.1) is 0 Å². The summed E-state index contributed by atoms with van der Waals surface area (Å²) in [4.78, 5) is 47.6. The molecule has 1 heterocycles. The van der Waals surface area contributed by atoms with Crippen LogP contribution in [0.1, 0.15) is 26.3 Å². The molecule has 1 fully saturated rings. The summed E-state index contributed by atoms with van der Waals surface area (Å²) >= 11 is 0.755. The van der Waals surface area contributed by atoms with Crippen LogP contribution >= 0.6 is 11.8 Å². The van der Waals surface area contributed by atoms with Gasteiger partial charge in [0, 0.05) is 5.69 Å². The first-order chi connectivity index (χ1) is 12.8. The Kier molecular flexibility index (Phi) is 5.13. The number of nitrogens with one attached hydrogen (secondary N) is 1. The quantitative estimate of drug-likeness (QED) is 0.739. The number of rotatable bonds is 6. The van der Waals surface area contributed by atoms with Crippen molar-refractivity contribution < 1.29 is 29.4 Å². The maximum atomic E-state index is 12.5. The van der Waals surface area contributed by atoms with Crippen molar-refractivity contribution in [1.29, 1.82) is 0 Å². The minimum atomic E-state index is -1.35. The van der Waals surface area contributed by atoms with Crippen molar-refractivity contribution in [3.63, 3.8) is 0 Å². The van der Waals surface area contributed by atoms with Gasteiger partial charge in [0.25, 0.3) is 11.1 Å². The number of carboxylic acid groups (broad SMARTS) is 2. The average Bonchev–Trinajstić information content (AvgIpc) is 2.89. The monoisotopic (exact) mass is 384 g/mol. The Morgan fingerprint density at radius 3 is 2.30 bits per heavy atom. The lowest BCUT2D eigenvalue weighted by molar-refractivity contribution is -0.256. The zero-order valence-electron chi connectivity index (χ0n) is 13.7. The third-order valence-electron chi connectivity index (χ3n) is 3.83. The Balaban J connectivity index is 1.73. The number of nitrogens with zero attached hydrogens (tertiary/aromatic N) is 1. The number of carbonyl (C=O) groups excluding carboxylic acids is 4. The highest BCUT2D eigenvalue weighted by Gasteiger charge is 2.39. The van der Waals surface area contributed by atoms with Crippen LogP contribution in [0.3, 0.4) is 0 Å². The molecular formula is C18H12N2O6S-2. The van der Waals surface area contributed by atoms with Gasteiger partial charge in [-0.25, -0.2) is 0 Å². The van der Waals surface area contributed by atoms with E-state index in [0.717, 1.165) is 16.7 Å². The maximum Gasteiger partial charge on any atom is 0.291 e. The van der Waals surface area contributed by atoms with Crippen LogP contribution in [0.2, 0.25) is 0 Å². The summed E-state index contributed by atoms with van der Waals surface area (Å²) in [5.74, 6) is -3.21. The molecule has 0 spiro atoms. The average molecular weight is 384 g/mol. The number of aromatic carboxylic acids is 2. The van der Waals surface area contributed by atoms with Gasteiger partial charge in [0.15, 0.2) is 5.37 Å². The molecule has 2 amide bonds. The van der Waals surface area contributed by atoms with Gasteiger partial charge in [0.2, 0.25) is 0 Å². The van der Waals surface area contributed by atoms with Crippen molar-refractivity contribution in [3.05, 3.63) is 65.2 Å². The number of imide groups is 1. The fourth-order valence-electron chi connectivity index (χ4n) is 2.55. The highest BCUT2D eigenvalue weighted by atomic mass is 32.2. The fourth-order valence-corrected chi connectivity index (χ4v) is 3.45. The van der Waals surface area contributed by atoms with E-state index in [1.165, 1.54) is 36.4 Å². The third kappa shape index (κ3) is 4.09. The van der Waals surface area contributed by atoms with Gasteiger partial charge >= 0.3 is 0 Å². The van der Waals surface area contributed by atoms with E-state index in [-0.39, 0.29) is 17.7 Å². The molecule has 1 aliphatic rings.